The highest BCUT2D eigenvalue weighted by atomic mass is 32.2. The molecule has 0 N–H and O–H groups in total. The molecule has 0 fully saturated rings. The van der Waals surface area contributed by atoms with Crippen molar-refractivity contribution in [2.24, 2.45) is 0 Å². The van der Waals surface area contributed by atoms with Gasteiger partial charge in [0.1, 0.15) is 5.69 Å². The second-order valence-electron chi connectivity index (χ2n) is 6.57. The molecule has 0 saturated carbocycles. The molecule has 0 atom stereocenters. The molecule has 2 aromatic carbocycles. The Bertz CT molecular complexity index is 1090. The highest BCUT2D eigenvalue weighted by molar-refractivity contribution is 7.90. The predicted molar refractivity (Wildman–Crippen MR) is 106 cm³/mol. The Morgan fingerprint density at radius 1 is 1.14 bits per heavy atom. The third kappa shape index (κ3) is 4.55. The molecular weight excluding hydrogens is 380 g/mol. The summed E-state index contributed by atoms with van der Waals surface area (Å²) in [6.45, 7) is 1.03. The standard InChI is InChI=1S/C19H20N4O4S/c1-21(18-9-8-17(28(2,26)27)10-19(18)23(24)25)12-16-11-20-22(14-16)13-15-6-4-3-5-7-15/h3-11,14H,12-13H2,1-2H3. The Kier molecular flexibility index (Phi) is 5.46. The number of rotatable bonds is 7. The van der Waals surface area contributed by atoms with Gasteiger partial charge in [-0.25, -0.2) is 8.42 Å². The molecule has 28 heavy (non-hydrogen) atoms. The number of aromatic nitrogens is 2. The van der Waals surface area contributed by atoms with Crippen LogP contribution in [0.15, 0.2) is 65.8 Å². The Balaban J connectivity index is 1.79. The van der Waals surface area contributed by atoms with E-state index in [0.717, 1.165) is 23.4 Å². The summed E-state index contributed by atoms with van der Waals surface area (Å²) in [5.74, 6) is 0. The topological polar surface area (TPSA) is 98.3 Å². The number of benzene rings is 2. The van der Waals surface area contributed by atoms with Crippen molar-refractivity contribution in [2.75, 3.05) is 18.2 Å². The highest BCUT2D eigenvalue weighted by Crippen LogP contribution is 2.31. The van der Waals surface area contributed by atoms with E-state index in [1.54, 1.807) is 22.8 Å². The molecule has 0 bridgehead atoms. The van der Waals surface area contributed by atoms with Crippen molar-refractivity contribution < 1.29 is 13.3 Å². The van der Waals surface area contributed by atoms with Crippen molar-refractivity contribution in [3.63, 3.8) is 0 Å². The summed E-state index contributed by atoms with van der Waals surface area (Å²) in [4.78, 5) is 12.5. The lowest BCUT2D eigenvalue weighted by atomic mass is 10.2. The average molecular weight is 400 g/mol. The molecule has 9 heteroatoms. The minimum absolute atomic E-state index is 0.0768. The zero-order valence-electron chi connectivity index (χ0n) is 15.5. The Morgan fingerprint density at radius 2 is 1.86 bits per heavy atom. The van der Waals surface area contributed by atoms with E-state index in [0.29, 0.717) is 18.8 Å². The van der Waals surface area contributed by atoms with Crippen LogP contribution in [0, 0.1) is 10.1 Å². The van der Waals surface area contributed by atoms with Gasteiger partial charge in [0.15, 0.2) is 9.84 Å². The smallest absolute Gasteiger partial charge is 0.293 e. The van der Waals surface area contributed by atoms with Gasteiger partial charge in [0.2, 0.25) is 0 Å². The van der Waals surface area contributed by atoms with Gasteiger partial charge in [0.25, 0.3) is 5.69 Å². The Morgan fingerprint density at radius 3 is 2.50 bits per heavy atom. The number of nitro groups is 1. The average Bonchev–Trinajstić information content (AvgIpc) is 3.08. The van der Waals surface area contributed by atoms with Crippen LogP contribution in [0.3, 0.4) is 0 Å². The molecule has 146 valence electrons. The van der Waals surface area contributed by atoms with E-state index in [1.165, 1.54) is 12.1 Å². The summed E-state index contributed by atoms with van der Waals surface area (Å²) in [5.41, 5.74) is 2.10. The largest absolute Gasteiger partial charge is 0.365 e. The molecule has 0 unspecified atom stereocenters. The molecule has 0 radical (unpaired) electrons. The molecule has 0 spiro atoms. The molecule has 0 aliphatic heterocycles. The second-order valence-corrected chi connectivity index (χ2v) is 8.58. The number of nitro benzene ring substituents is 1. The molecule has 3 rings (SSSR count). The quantitative estimate of drug-likeness (QED) is 0.447. The van der Waals surface area contributed by atoms with E-state index in [-0.39, 0.29) is 10.6 Å². The van der Waals surface area contributed by atoms with Gasteiger partial charge < -0.3 is 4.90 Å². The Hall–Kier alpha value is -3.20. The molecule has 3 aromatic rings. The number of anilines is 1. The van der Waals surface area contributed by atoms with Crippen LogP contribution in [-0.2, 0) is 22.9 Å². The van der Waals surface area contributed by atoms with Crippen LogP contribution >= 0.6 is 0 Å². The maximum absolute atomic E-state index is 11.7. The zero-order valence-corrected chi connectivity index (χ0v) is 16.3. The summed E-state index contributed by atoms with van der Waals surface area (Å²) >= 11 is 0. The number of nitrogens with zero attached hydrogens (tertiary/aromatic N) is 4. The van der Waals surface area contributed by atoms with Crippen molar-refractivity contribution in [3.8, 4) is 0 Å². The van der Waals surface area contributed by atoms with Crippen LogP contribution in [0.5, 0.6) is 0 Å². The van der Waals surface area contributed by atoms with Crippen molar-refractivity contribution >= 4 is 21.2 Å². The van der Waals surface area contributed by atoms with Crippen molar-refractivity contribution in [1.29, 1.82) is 0 Å². The highest BCUT2D eigenvalue weighted by Gasteiger charge is 2.21. The summed E-state index contributed by atoms with van der Waals surface area (Å²) in [7, 11) is -1.80. The molecular formula is C19H20N4O4S. The molecule has 0 aliphatic carbocycles. The van der Waals surface area contributed by atoms with Gasteiger partial charge in [-0.05, 0) is 17.7 Å². The van der Waals surface area contributed by atoms with Gasteiger partial charge in [-0.2, -0.15) is 5.10 Å². The molecule has 1 heterocycles. The van der Waals surface area contributed by atoms with Crippen LogP contribution in [0.1, 0.15) is 11.1 Å². The number of sulfone groups is 1. The van der Waals surface area contributed by atoms with Gasteiger partial charge in [-0.1, -0.05) is 30.3 Å². The first-order chi connectivity index (χ1) is 13.2. The van der Waals surface area contributed by atoms with E-state index in [9.17, 15) is 18.5 Å². The molecule has 0 aliphatic rings. The summed E-state index contributed by atoms with van der Waals surface area (Å²) in [5, 5.41) is 15.8. The van der Waals surface area contributed by atoms with Crippen molar-refractivity contribution in [2.45, 2.75) is 18.0 Å². The predicted octanol–water partition coefficient (Wildman–Crippen LogP) is 2.88. The van der Waals surface area contributed by atoms with E-state index >= 15 is 0 Å². The SMILES string of the molecule is CN(Cc1cnn(Cc2ccccc2)c1)c1ccc(S(C)(=O)=O)cc1[N+](=O)[O-]. The fourth-order valence-corrected chi connectivity index (χ4v) is 3.55. The first-order valence-electron chi connectivity index (χ1n) is 8.49. The van der Waals surface area contributed by atoms with Gasteiger partial charge in [-0.15, -0.1) is 0 Å². The fourth-order valence-electron chi connectivity index (χ4n) is 2.91. The van der Waals surface area contributed by atoms with Crippen LogP contribution in [0.25, 0.3) is 0 Å². The van der Waals surface area contributed by atoms with E-state index < -0.39 is 14.8 Å². The van der Waals surface area contributed by atoms with Crippen molar-refractivity contribution in [1.82, 2.24) is 9.78 Å². The van der Waals surface area contributed by atoms with Crippen LogP contribution in [0.2, 0.25) is 0 Å². The maximum Gasteiger partial charge on any atom is 0.293 e. The lowest BCUT2D eigenvalue weighted by Crippen LogP contribution is -2.17. The zero-order chi connectivity index (χ0) is 20.3. The van der Waals surface area contributed by atoms with Crippen LogP contribution in [-0.4, -0.2) is 36.4 Å². The summed E-state index contributed by atoms with van der Waals surface area (Å²) in [6, 6.07) is 13.9. The van der Waals surface area contributed by atoms with Gasteiger partial charge in [0, 0.05) is 37.7 Å². The Labute approximate surface area is 163 Å². The lowest BCUT2D eigenvalue weighted by molar-refractivity contribution is -0.384. The minimum Gasteiger partial charge on any atom is -0.365 e. The van der Waals surface area contributed by atoms with Crippen LogP contribution in [0.4, 0.5) is 11.4 Å². The summed E-state index contributed by atoms with van der Waals surface area (Å²) < 4.78 is 25.2. The maximum atomic E-state index is 11.7. The number of hydrogen-bond acceptors (Lipinski definition) is 6. The molecule has 8 nitrogen and oxygen atoms in total. The van der Waals surface area contributed by atoms with E-state index in [2.05, 4.69) is 5.10 Å². The second kappa shape index (κ2) is 7.81. The monoisotopic (exact) mass is 400 g/mol. The van der Waals surface area contributed by atoms with E-state index in [4.69, 9.17) is 0 Å². The first-order valence-corrected chi connectivity index (χ1v) is 10.4. The van der Waals surface area contributed by atoms with Gasteiger partial charge >= 0.3 is 0 Å². The number of hydrogen-bond donors (Lipinski definition) is 0. The third-order valence-corrected chi connectivity index (χ3v) is 5.39. The molecule has 1 aromatic heterocycles. The van der Waals surface area contributed by atoms with Gasteiger partial charge in [0.05, 0.1) is 22.6 Å². The van der Waals surface area contributed by atoms with Crippen LogP contribution < -0.4 is 4.90 Å². The molecule has 0 amide bonds. The first kappa shape index (κ1) is 19.6. The van der Waals surface area contributed by atoms with E-state index in [1.807, 2.05) is 36.5 Å². The minimum atomic E-state index is -3.52. The lowest BCUT2D eigenvalue weighted by Gasteiger charge is -2.18. The van der Waals surface area contributed by atoms with Crippen molar-refractivity contribution in [3.05, 3.63) is 82.2 Å². The molecule has 0 saturated heterocycles. The third-order valence-electron chi connectivity index (χ3n) is 4.28. The normalized spacial score (nSPS) is 11.4. The summed E-state index contributed by atoms with van der Waals surface area (Å²) in [6.07, 6.45) is 4.63. The van der Waals surface area contributed by atoms with Gasteiger partial charge in [-0.3, -0.25) is 14.8 Å². The fraction of sp³-hybridized carbons (Fsp3) is 0.211.